The molecular weight excluding hydrogens is 277 g/mol. The third-order valence-electron chi connectivity index (χ3n) is 13.9. The van der Waals surface area contributed by atoms with Crippen LogP contribution in [0, 0.1) is 81.3 Å². The van der Waals surface area contributed by atoms with Crippen molar-refractivity contribution in [1.29, 1.82) is 0 Å². The lowest BCUT2D eigenvalue weighted by Gasteiger charge is -2.92. The first-order valence-electron chi connectivity index (χ1n) is 11.0. The number of nitrogens with two attached hydrogens (primary N) is 1. The molecule has 2 heteroatoms. The first-order chi connectivity index (χ1) is 11.2. The Morgan fingerprint density at radius 2 is 1.52 bits per heavy atom. The minimum Gasteiger partial charge on any atom is -0.324 e. The van der Waals surface area contributed by atoms with Crippen LogP contribution in [0.2, 0.25) is 5.82 Å². The molecule has 16 atom stereocenters. The van der Waals surface area contributed by atoms with Gasteiger partial charge in [0.1, 0.15) is 7.85 Å². The summed E-state index contributed by atoms with van der Waals surface area (Å²) in [5.74, 6) is 13.4. The molecule has 0 radical (unpaired) electrons. The fourth-order valence-corrected chi connectivity index (χ4v) is 15.0. The highest BCUT2D eigenvalue weighted by atomic mass is 15.3. The van der Waals surface area contributed by atoms with Crippen molar-refractivity contribution < 1.29 is 0 Å². The molecule has 3 spiro atoms. The molecule has 10 rings (SSSR count). The lowest BCUT2D eigenvalue weighted by molar-refractivity contribution is -0.449. The lowest BCUT2D eigenvalue weighted by Crippen LogP contribution is -2.89. The Bertz CT molecular complexity index is 795. The Balaban J connectivity index is 1.35. The number of hydrogen-bond donors (Lipinski definition) is 1. The maximum Gasteiger partial charge on any atom is 0.105 e. The van der Waals surface area contributed by atoms with Gasteiger partial charge in [0.15, 0.2) is 0 Å². The molecule has 10 aliphatic carbocycles. The number of fused-ring (bicyclic) bond motifs is 4. The van der Waals surface area contributed by atoms with Crippen molar-refractivity contribution >= 4 is 7.85 Å². The second kappa shape index (κ2) is 2.30. The molecule has 23 heavy (non-hydrogen) atoms. The van der Waals surface area contributed by atoms with E-state index in [1.165, 1.54) is 5.92 Å². The molecule has 1 nitrogen and oxygen atoms in total. The summed E-state index contributed by atoms with van der Waals surface area (Å²) in [7, 11) is 2.65. The molecule has 10 aliphatic rings. The predicted molar refractivity (Wildman–Crippen MR) is 88.0 cm³/mol. The highest BCUT2D eigenvalue weighted by Gasteiger charge is 3.16. The van der Waals surface area contributed by atoms with Gasteiger partial charge in [0.25, 0.3) is 0 Å². The van der Waals surface area contributed by atoms with Crippen molar-refractivity contribution in [2.75, 3.05) is 0 Å². The van der Waals surface area contributed by atoms with Gasteiger partial charge in [-0.25, -0.2) is 0 Å². The van der Waals surface area contributed by atoms with Crippen molar-refractivity contribution in [3.05, 3.63) is 0 Å². The van der Waals surface area contributed by atoms with Crippen molar-refractivity contribution in [3.8, 4) is 0 Å². The van der Waals surface area contributed by atoms with Crippen molar-refractivity contribution in [1.82, 2.24) is 0 Å². The van der Waals surface area contributed by atoms with E-state index < -0.39 is 0 Å². The molecule has 0 aromatic rings. The molecule has 0 aromatic carbocycles. The monoisotopic (exact) mass is 303 g/mol. The standard InChI is InChI=1S/C21H26BN/c22-13-3-8-14-12-5-10-7-2-1-6-9-4-11(13)18(9)15(6)16(7)21(23)19(10,12)20(14,21)17(8)18/h6-17H,1-5,22-23H2. The van der Waals surface area contributed by atoms with Gasteiger partial charge in [0, 0.05) is 16.4 Å². The smallest absolute Gasteiger partial charge is 0.105 e. The van der Waals surface area contributed by atoms with Crippen LogP contribution >= 0.6 is 0 Å². The number of rotatable bonds is 0. The number of hydrogen-bond acceptors (Lipinski definition) is 1. The SMILES string of the molecule is BC1CC2C3C4CC5C6CCC7C8CC1C81C7C6C6(N)C54C36C21. The summed E-state index contributed by atoms with van der Waals surface area (Å²) in [5.41, 5.74) is 10.3. The largest absolute Gasteiger partial charge is 0.324 e. The van der Waals surface area contributed by atoms with Gasteiger partial charge in [-0.3, -0.25) is 0 Å². The summed E-state index contributed by atoms with van der Waals surface area (Å²) in [4.78, 5) is 0. The molecule has 0 aliphatic heterocycles. The maximum absolute atomic E-state index is 7.54. The summed E-state index contributed by atoms with van der Waals surface area (Å²) in [6.45, 7) is 0. The molecule has 2 N–H and O–H groups in total. The molecule has 0 heterocycles. The second-order valence-electron chi connectivity index (χ2n) is 12.3. The predicted octanol–water partition coefficient (Wildman–Crippen LogP) is 1.93. The topological polar surface area (TPSA) is 26.0 Å². The van der Waals surface area contributed by atoms with Gasteiger partial charge in [-0.05, 0) is 96.2 Å². The minimum absolute atomic E-state index is 0.393. The summed E-state index contributed by atoms with van der Waals surface area (Å²) >= 11 is 0. The van der Waals surface area contributed by atoms with E-state index in [-0.39, 0.29) is 0 Å². The van der Waals surface area contributed by atoms with E-state index in [9.17, 15) is 0 Å². The zero-order chi connectivity index (χ0) is 14.5. The quantitative estimate of drug-likeness (QED) is 0.680. The van der Waals surface area contributed by atoms with Gasteiger partial charge in [0.2, 0.25) is 0 Å². The van der Waals surface area contributed by atoms with Gasteiger partial charge >= 0.3 is 0 Å². The highest BCUT2D eigenvalue weighted by Crippen LogP contribution is 3.15. The third kappa shape index (κ3) is 0.507. The van der Waals surface area contributed by atoms with E-state index in [4.69, 9.17) is 5.73 Å². The molecule has 16 unspecified atom stereocenters. The van der Waals surface area contributed by atoms with Crippen molar-refractivity contribution in [2.45, 2.75) is 43.5 Å². The molecule has 0 bridgehead atoms. The van der Waals surface area contributed by atoms with E-state index in [1.807, 2.05) is 0 Å². The molecular formula is C21H26BN. The van der Waals surface area contributed by atoms with Crippen LogP contribution in [0.15, 0.2) is 0 Å². The molecule has 0 amide bonds. The molecule has 118 valence electrons. The zero-order valence-corrected chi connectivity index (χ0v) is 14.0. The Labute approximate surface area is 138 Å². The Morgan fingerprint density at radius 1 is 0.739 bits per heavy atom. The summed E-state index contributed by atoms with van der Waals surface area (Å²) in [5, 5.41) is 0. The summed E-state index contributed by atoms with van der Waals surface area (Å²) in [6.07, 6.45) is 8.07. The molecule has 0 saturated heterocycles. The highest BCUT2D eigenvalue weighted by molar-refractivity contribution is 6.12. The van der Waals surface area contributed by atoms with Crippen LogP contribution in [0.5, 0.6) is 0 Å². The van der Waals surface area contributed by atoms with Gasteiger partial charge in [-0.15, -0.1) is 0 Å². The maximum atomic E-state index is 7.54. The van der Waals surface area contributed by atoms with E-state index >= 15 is 0 Å². The normalized spacial score (nSPS) is 95.2. The Hall–Kier alpha value is 0.0249. The average molecular weight is 303 g/mol. The molecule has 10 saturated carbocycles. The summed E-state index contributed by atoms with van der Waals surface area (Å²) < 4.78 is 0. The van der Waals surface area contributed by atoms with Crippen LogP contribution < -0.4 is 5.73 Å². The molecule has 0 aromatic heterocycles. The lowest BCUT2D eigenvalue weighted by atomic mass is 9.11. The first kappa shape index (κ1) is 10.9. The Morgan fingerprint density at radius 3 is 2.39 bits per heavy atom. The fraction of sp³-hybridized carbons (Fsp3) is 1.00. The first-order valence-corrected chi connectivity index (χ1v) is 11.0. The van der Waals surface area contributed by atoms with Crippen LogP contribution in [-0.2, 0) is 0 Å². The van der Waals surface area contributed by atoms with Crippen LogP contribution in [0.4, 0.5) is 0 Å². The molecule has 10 fully saturated rings. The van der Waals surface area contributed by atoms with Gasteiger partial charge in [-0.2, -0.15) is 0 Å². The van der Waals surface area contributed by atoms with E-state index in [2.05, 4.69) is 7.85 Å². The summed E-state index contributed by atoms with van der Waals surface area (Å²) in [6, 6.07) is 0. The van der Waals surface area contributed by atoms with Crippen LogP contribution in [0.25, 0.3) is 0 Å². The van der Waals surface area contributed by atoms with Gasteiger partial charge in [0.05, 0.1) is 0 Å². The second-order valence-corrected chi connectivity index (χ2v) is 12.3. The van der Waals surface area contributed by atoms with Crippen LogP contribution in [-0.4, -0.2) is 13.4 Å². The van der Waals surface area contributed by atoms with Gasteiger partial charge < -0.3 is 5.73 Å². The van der Waals surface area contributed by atoms with E-state index in [1.54, 1.807) is 32.1 Å². The van der Waals surface area contributed by atoms with Gasteiger partial charge in [-0.1, -0.05) is 12.2 Å². The Kier molecular flexibility index (Phi) is 1.09. The zero-order valence-electron chi connectivity index (χ0n) is 14.0. The van der Waals surface area contributed by atoms with Crippen molar-refractivity contribution in [2.24, 2.45) is 87.1 Å². The average Bonchev–Trinajstić information content (AvgIpc) is 2.97. The van der Waals surface area contributed by atoms with Crippen molar-refractivity contribution in [3.63, 3.8) is 0 Å². The minimum atomic E-state index is 0.393. The van der Waals surface area contributed by atoms with Crippen LogP contribution in [0.1, 0.15) is 32.1 Å². The van der Waals surface area contributed by atoms with Crippen LogP contribution in [0.3, 0.4) is 0 Å². The van der Waals surface area contributed by atoms with E-state index in [0.717, 1.165) is 81.2 Å². The fourth-order valence-electron chi connectivity index (χ4n) is 15.0. The van der Waals surface area contributed by atoms with E-state index in [0.29, 0.717) is 5.54 Å². The third-order valence-corrected chi connectivity index (χ3v) is 13.9.